The van der Waals surface area contributed by atoms with Crippen molar-refractivity contribution >= 4 is 93.3 Å². The molecule has 4 heteroatoms. The molecular weight excluding hydrogens is 1000 g/mol. The first-order valence-electron chi connectivity index (χ1n) is 28.8. The molecule has 13 aromatic carbocycles. The minimum absolute atomic E-state index is 0.287. The molecule has 0 amide bonds. The van der Waals surface area contributed by atoms with Gasteiger partial charge in [0.05, 0.1) is 38.8 Å². The van der Waals surface area contributed by atoms with Gasteiger partial charge in [0.2, 0.25) is 0 Å². The maximum atomic E-state index is 2.49. The van der Waals surface area contributed by atoms with Crippen LogP contribution in [0.2, 0.25) is 0 Å². The van der Waals surface area contributed by atoms with Gasteiger partial charge in [-0.3, -0.25) is 0 Å². The molecule has 83 heavy (non-hydrogen) atoms. The van der Waals surface area contributed by atoms with Crippen molar-refractivity contribution in [2.24, 2.45) is 0 Å². The lowest BCUT2D eigenvalue weighted by atomic mass is 9.82. The second-order valence-corrected chi connectivity index (χ2v) is 22.9. The minimum atomic E-state index is -0.287. The first-order valence-corrected chi connectivity index (χ1v) is 28.8. The molecule has 0 saturated heterocycles. The van der Waals surface area contributed by atoms with Gasteiger partial charge in [-0.05, 0) is 159 Å². The second-order valence-electron chi connectivity index (χ2n) is 22.9. The van der Waals surface area contributed by atoms with E-state index in [0.717, 1.165) is 34.0 Å². The Bertz CT molecular complexity index is 5180. The Balaban J connectivity index is 0.796. The van der Waals surface area contributed by atoms with Gasteiger partial charge in [0.15, 0.2) is 0 Å². The third-order valence-corrected chi connectivity index (χ3v) is 18.0. The molecule has 0 spiro atoms. The van der Waals surface area contributed by atoms with Crippen LogP contribution in [0.5, 0.6) is 0 Å². The molecule has 0 bridgehead atoms. The molecule has 0 N–H and O–H groups in total. The van der Waals surface area contributed by atoms with Crippen LogP contribution in [0.1, 0.15) is 25.0 Å². The van der Waals surface area contributed by atoms with Gasteiger partial charge in [-0.1, -0.05) is 196 Å². The first-order chi connectivity index (χ1) is 40.9. The minimum Gasteiger partial charge on any atom is -0.310 e. The number of nitrogens with zero attached hydrogens (tertiary/aromatic N) is 4. The quantitative estimate of drug-likeness (QED) is 0.148. The molecule has 0 fully saturated rings. The number of para-hydroxylation sites is 6. The monoisotopic (exact) mass is 1060 g/mol. The highest BCUT2D eigenvalue weighted by Crippen LogP contribution is 2.53. The van der Waals surface area contributed by atoms with Gasteiger partial charge in [0.1, 0.15) is 0 Å². The van der Waals surface area contributed by atoms with E-state index in [0.29, 0.717) is 0 Å². The molecular formula is C79H54N4. The highest BCUT2D eigenvalue weighted by molar-refractivity contribution is 6.14. The molecule has 17 rings (SSSR count). The van der Waals surface area contributed by atoms with Crippen molar-refractivity contribution in [2.45, 2.75) is 19.3 Å². The van der Waals surface area contributed by atoms with Gasteiger partial charge in [-0.25, -0.2) is 0 Å². The van der Waals surface area contributed by atoms with Crippen LogP contribution in [0.4, 0.5) is 17.1 Å². The summed E-state index contributed by atoms with van der Waals surface area (Å²) in [7, 11) is 0. The largest absolute Gasteiger partial charge is 0.310 e. The zero-order chi connectivity index (χ0) is 54.9. The fraction of sp³-hybridized carbons (Fsp3) is 0.0380. The topological polar surface area (TPSA) is 18.0 Å². The Morgan fingerprint density at radius 2 is 0.639 bits per heavy atom. The van der Waals surface area contributed by atoms with Crippen LogP contribution in [0.25, 0.3) is 127 Å². The average molecular weight is 1060 g/mol. The summed E-state index contributed by atoms with van der Waals surface area (Å²) < 4.78 is 7.22. The summed E-state index contributed by atoms with van der Waals surface area (Å²) in [6, 6.07) is 108. The summed E-state index contributed by atoms with van der Waals surface area (Å²) in [5.74, 6) is 0. The SMILES string of the molecule is CC1(C)c2cc(N(c3ccc(-c4ccc(-n5c6ccccc6c6ccccc65)cc4)cc3)c3ccc(-c4ccc5c(c4)c4ccccc4n5-c4ccccc4)c4ccccc34)ccc2-c2ccc(-n3c4ccccc4c4ccccc43)cc21. The summed E-state index contributed by atoms with van der Waals surface area (Å²) in [6.07, 6.45) is 0. The van der Waals surface area contributed by atoms with Crippen LogP contribution in [0, 0.1) is 0 Å². The molecule has 390 valence electrons. The maximum Gasteiger partial charge on any atom is 0.0541 e. The summed E-state index contributed by atoms with van der Waals surface area (Å²) in [6.45, 7) is 4.81. The van der Waals surface area contributed by atoms with E-state index in [-0.39, 0.29) is 5.41 Å². The summed E-state index contributed by atoms with van der Waals surface area (Å²) >= 11 is 0. The Kier molecular flexibility index (Phi) is 10.3. The predicted molar refractivity (Wildman–Crippen MR) is 350 cm³/mol. The predicted octanol–water partition coefficient (Wildman–Crippen LogP) is 21.2. The number of hydrogen-bond acceptors (Lipinski definition) is 1. The van der Waals surface area contributed by atoms with E-state index in [1.807, 2.05) is 0 Å². The van der Waals surface area contributed by atoms with E-state index in [1.165, 1.54) is 121 Å². The lowest BCUT2D eigenvalue weighted by molar-refractivity contribution is 0.660. The van der Waals surface area contributed by atoms with E-state index >= 15 is 0 Å². The number of rotatable bonds is 8. The molecule has 1 aliphatic rings. The van der Waals surface area contributed by atoms with Crippen molar-refractivity contribution in [3.05, 3.63) is 302 Å². The molecule has 4 nitrogen and oxygen atoms in total. The van der Waals surface area contributed by atoms with Crippen LogP contribution in [-0.2, 0) is 5.41 Å². The van der Waals surface area contributed by atoms with Gasteiger partial charge >= 0.3 is 0 Å². The smallest absolute Gasteiger partial charge is 0.0541 e. The Hall–Kier alpha value is -10.7. The lowest BCUT2D eigenvalue weighted by Crippen LogP contribution is -2.17. The van der Waals surface area contributed by atoms with Gasteiger partial charge in [-0.2, -0.15) is 0 Å². The number of hydrogen-bond donors (Lipinski definition) is 0. The number of anilines is 3. The molecule has 16 aromatic rings. The lowest BCUT2D eigenvalue weighted by Gasteiger charge is -2.29. The van der Waals surface area contributed by atoms with Crippen LogP contribution >= 0.6 is 0 Å². The van der Waals surface area contributed by atoms with E-state index in [2.05, 4.69) is 324 Å². The van der Waals surface area contributed by atoms with Crippen LogP contribution in [0.15, 0.2) is 291 Å². The van der Waals surface area contributed by atoms with Gasteiger partial charge < -0.3 is 18.6 Å². The molecule has 0 atom stereocenters. The number of aromatic nitrogens is 3. The molecule has 0 unspecified atom stereocenters. The van der Waals surface area contributed by atoms with Crippen molar-refractivity contribution in [3.8, 4) is 50.4 Å². The van der Waals surface area contributed by atoms with Gasteiger partial charge in [0, 0.05) is 71.6 Å². The van der Waals surface area contributed by atoms with Gasteiger partial charge in [-0.15, -0.1) is 0 Å². The Morgan fingerprint density at radius 3 is 1.20 bits per heavy atom. The van der Waals surface area contributed by atoms with Crippen molar-refractivity contribution in [2.75, 3.05) is 4.90 Å². The van der Waals surface area contributed by atoms with Crippen molar-refractivity contribution in [3.63, 3.8) is 0 Å². The zero-order valence-corrected chi connectivity index (χ0v) is 46.0. The average Bonchev–Trinajstić information content (AvgIpc) is 3.62. The molecule has 0 saturated carbocycles. The van der Waals surface area contributed by atoms with E-state index < -0.39 is 0 Å². The molecule has 3 heterocycles. The molecule has 3 aromatic heterocycles. The number of benzene rings is 13. The highest BCUT2D eigenvalue weighted by Gasteiger charge is 2.37. The number of fused-ring (bicyclic) bond motifs is 13. The highest BCUT2D eigenvalue weighted by atomic mass is 15.1. The van der Waals surface area contributed by atoms with Crippen LogP contribution in [-0.4, -0.2) is 13.7 Å². The third-order valence-electron chi connectivity index (χ3n) is 18.0. The fourth-order valence-corrected chi connectivity index (χ4v) is 14.2. The standard InChI is InChI=1S/C79H54N4/c1-79(2)70-49-57(41-43-61(70)62-44-42-58(50-71(62)79)83-74-29-15-10-24-66(74)67-25-11-16-30-75(67)83)80(55-37-32-51(33-38-55)52-34-39-56(40-35-52)82-72-27-13-8-22-64(72)65-23-9-14-28-73(65)82)77-47-45-59(60-20-6-7-21-63(60)77)53-36-46-78-69(48-53)68-26-12-17-31-76(68)81(78)54-18-4-3-5-19-54/h3-50H,1-2H3. The normalized spacial score (nSPS) is 12.8. The van der Waals surface area contributed by atoms with E-state index in [1.54, 1.807) is 0 Å². The zero-order valence-electron chi connectivity index (χ0n) is 46.0. The first kappa shape index (κ1) is 47.2. The summed E-state index contributed by atoms with van der Waals surface area (Å²) in [5.41, 5.74) is 23.7. The molecule has 0 radical (unpaired) electrons. The summed E-state index contributed by atoms with van der Waals surface area (Å²) in [5, 5.41) is 9.93. The molecule has 0 aliphatic heterocycles. The van der Waals surface area contributed by atoms with E-state index in [4.69, 9.17) is 0 Å². The van der Waals surface area contributed by atoms with Crippen molar-refractivity contribution in [1.29, 1.82) is 0 Å². The Labute approximate surface area is 481 Å². The van der Waals surface area contributed by atoms with Crippen LogP contribution < -0.4 is 4.90 Å². The third kappa shape index (κ3) is 7.12. The maximum absolute atomic E-state index is 2.49. The van der Waals surface area contributed by atoms with Crippen molar-refractivity contribution in [1.82, 2.24) is 13.7 Å². The van der Waals surface area contributed by atoms with Crippen molar-refractivity contribution < 1.29 is 0 Å². The van der Waals surface area contributed by atoms with E-state index in [9.17, 15) is 0 Å². The second kappa shape index (κ2) is 18.2. The van der Waals surface area contributed by atoms with Crippen LogP contribution in [0.3, 0.4) is 0 Å². The van der Waals surface area contributed by atoms with Gasteiger partial charge in [0.25, 0.3) is 0 Å². The fourth-order valence-electron chi connectivity index (χ4n) is 14.2. The summed E-state index contributed by atoms with van der Waals surface area (Å²) in [4.78, 5) is 2.49. The Morgan fingerprint density at radius 1 is 0.253 bits per heavy atom. The molecule has 1 aliphatic carbocycles.